The summed E-state index contributed by atoms with van der Waals surface area (Å²) < 4.78 is 6.29. The lowest BCUT2D eigenvalue weighted by Gasteiger charge is -2.20. The molecule has 5 nitrogen and oxygen atoms in total. The zero-order valence-electron chi connectivity index (χ0n) is 13.6. The van der Waals surface area contributed by atoms with Crippen LogP contribution in [-0.4, -0.2) is 36.4 Å². The maximum Gasteiger partial charge on any atom is 0.260 e. The Balaban J connectivity index is 1.82. The molecule has 1 heterocycles. The minimum Gasteiger partial charge on any atom is -0.482 e. The molecule has 0 atom stereocenters. The molecule has 1 aromatic carbocycles. The first-order valence-corrected chi connectivity index (χ1v) is 9.69. The lowest BCUT2D eigenvalue weighted by molar-refractivity contribution is -0.137. The van der Waals surface area contributed by atoms with Gasteiger partial charge in [0.2, 0.25) is 5.91 Å². The van der Waals surface area contributed by atoms with Gasteiger partial charge in [-0.25, -0.2) is 0 Å². The maximum absolute atomic E-state index is 12.3. The highest BCUT2D eigenvalue weighted by Gasteiger charge is 2.16. The van der Waals surface area contributed by atoms with Gasteiger partial charge < -0.3 is 15.0 Å². The van der Waals surface area contributed by atoms with Crippen molar-refractivity contribution < 1.29 is 14.3 Å². The van der Waals surface area contributed by atoms with Crippen molar-refractivity contribution in [1.29, 1.82) is 0 Å². The van der Waals surface area contributed by atoms with E-state index in [-0.39, 0.29) is 25.0 Å². The van der Waals surface area contributed by atoms with E-state index in [1.807, 2.05) is 24.4 Å². The maximum atomic E-state index is 12.3. The smallest absolute Gasteiger partial charge is 0.260 e. The van der Waals surface area contributed by atoms with Crippen LogP contribution in [0.2, 0.25) is 5.02 Å². The summed E-state index contributed by atoms with van der Waals surface area (Å²) in [5, 5.41) is 5.17. The van der Waals surface area contributed by atoms with Gasteiger partial charge in [0.1, 0.15) is 5.75 Å². The molecule has 134 valence electrons. The molecule has 0 spiro atoms. The van der Waals surface area contributed by atoms with Gasteiger partial charge >= 0.3 is 0 Å². The molecule has 0 bridgehead atoms. The van der Waals surface area contributed by atoms with Crippen LogP contribution in [-0.2, 0) is 16.1 Å². The topological polar surface area (TPSA) is 58.6 Å². The lowest BCUT2D eigenvalue weighted by Crippen LogP contribution is -2.42. The van der Waals surface area contributed by atoms with Crippen LogP contribution in [0.5, 0.6) is 5.75 Å². The second kappa shape index (κ2) is 9.79. The number of nitrogens with zero attached hydrogens (tertiary/aromatic N) is 1. The van der Waals surface area contributed by atoms with Gasteiger partial charge in [0.05, 0.1) is 18.1 Å². The first-order valence-electron chi connectivity index (χ1n) is 7.64. The number of halogens is 2. The van der Waals surface area contributed by atoms with Crippen molar-refractivity contribution in [3.05, 3.63) is 50.1 Å². The predicted octanol–water partition coefficient (Wildman–Crippen LogP) is 3.71. The molecule has 0 fully saturated rings. The third-order valence-electron chi connectivity index (χ3n) is 3.35. The zero-order valence-corrected chi connectivity index (χ0v) is 16.8. The lowest BCUT2D eigenvalue weighted by atomic mass is 10.3. The van der Waals surface area contributed by atoms with E-state index in [0.717, 1.165) is 9.35 Å². The fourth-order valence-electron chi connectivity index (χ4n) is 2.03. The van der Waals surface area contributed by atoms with Gasteiger partial charge in [0, 0.05) is 15.9 Å². The summed E-state index contributed by atoms with van der Waals surface area (Å²) in [6, 6.07) is 9.03. The van der Waals surface area contributed by atoms with Crippen molar-refractivity contribution in [1.82, 2.24) is 10.2 Å². The normalized spacial score (nSPS) is 10.4. The average Bonchev–Trinajstić information content (AvgIpc) is 3.10. The second-order valence-corrected chi connectivity index (χ2v) is 7.48. The van der Waals surface area contributed by atoms with Gasteiger partial charge in [0.25, 0.3) is 5.91 Å². The second-order valence-electron chi connectivity index (χ2n) is 5.13. The molecule has 1 aromatic heterocycles. The number of carbonyl (C=O) groups is 2. The molecule has 0 radical (unpaired) electrons. The monoisotopic (exact) mass is 444 g/mol. The minimum absolute atomic E-state index is 0.00185. The number of amides is 2. The summed E-state index contributed by atoms with van der Waals surface area (Å²) in [6.45, 7) is 2.53. The quantitative estimate of drug-likeness (QED) is 0.674. The Kier molecular flexibility index (Phi) is 7.74. The molecule has 0 saturated heterocycles. The highest BCUT2D eigenvalue weighted by Crippen LogP contribution is 2.27. The van der Waals surface area contributed by atoms with E-state index >= 15 is 0 Å². The first kappa shape index (κ1) is 19.8. The predicted molar refractivity (Wildman–Crippen MR) is 103 cm³/mol. The number of nitrogens with one attached hydrogen (secondary N) is 1. The van der Waals surface area contributed by atoms with Crippen molar-refractivity contribution in [3.8, 4) is 5.75 Å². The van der Waals surface area contributed by atoms with Crippen molar-refractivity contribution in [3.63, 3.8) is 0 Å². The van der Waals surface area contributed by atoms with E-state index in [1.165, 1.54) is 4.90 Å². The van der Waals surface area contributed by atoms with Crippen LogP contribution in [0.3, 0.4) is 0 Å². The summed E-state index contributed by atoms with van der Waals surface area (Å²) in [6.07, 6.45) is 0. The van der Waals surface area contributed by atoms with Crippen LogP contribution in [0.15, 0.2) is 40.2 Å². The molecule has 0 saturated carbocycles. The highest BCUT2D eigenvalue weighted by molar-refractivity contribution is 9.10. The SMILES string of the molecule is CCN(CC(=O)NCc1cccs1)C(=O)COc1ccc(Br)cc1Cl. The Morgan fingerprint density at radius 2 is 2.16 bits per heavy atom. The molecular formula is C17H18BrClN2O3S. The standard InChI is InChI=1S/C17H18BrClN2O3S/c1-2-21(10-16(22)20-9-13-4-3-7-25-13)17(23)11-24-15-6-5-12(18)8-14(15)19/h3-8H,2,9-11H2,1H3,(H,20,22). The van der Waals surface area contributed by atoms with Gasteiger partial charge in [-0.1, -0.05) is 33.6 Å². The third-order valence-corrected chi connectivity index (χ3v) is 5.02. The number of hydrogen-bond donors (Lipinski definition) is 1. The summed E-state index contributed by atoms with van der Waals surface area (Å²) in [5.74, 6) is -0.0468. The number of likely N-dealkylation sites (N-methyl/N-ethyl adjacent to an activating group) is 1. The van der Waals surface area contributed by atoms with E-state index in [0.29, 0.717) is 23.9 Å². The van der Waals surface area contributed by atoms with Crippen molar-refractivity contribution in [2.24, 2.45) is 0 Å². The van der Waals surface area contributed by atoms with Crippen molar-refractivity contribution in [2.45, 2.75) is 13.5 Å². The summed E-state index contributed by atoms with van der Waals surface area (Å²) in [4.78, 5) is 26.8. The van der Waals surface area contributed by atoms with Gasteiger partial charge in [-0.05, 0) is 36.6 Å². The van der Waals surface area contributed by atoms with E-state index in [4.69, 9.17) is 16.3 Å². The van der Waals surface area contributed by atoms with Gasteiger partial charge in [-0.2, -0.15) is 0 Å². The number of ether oxygens (including phenoxy) is 1. The Morgan fingerprint density at radius 3 is 2.80 bits per heavy atom. The Morgan fingerprint density at radius 1 is 1.36 bits per heavy atom. The number of rotatable bonds is 8. The van der Waals surface area contributed by atoms with Crippen LogP contribution in [0, 0.1) is 0 Å². The summed E-state index contributed by atoms with van der Waals surface area (Å²) in [7, 11) is 0. The van der Waals surface area contributed by atoms with Gasteiger partial charge in [0.15, 0.2) is 6.61 Å². The molecule has 1 N–H and O–H groups in total. The number of benzene rings is 1. The molecule has 2 aromatic rings. The van der Waals surface area contributed by atoms with E-state index in [9.17, 15) is 9.59 Å². The minimum atomic E-state index is -0.271. The molecule has 0 unspecified atom stereocenters. The Hall–Kier alpha value is -1.57. The largest absolute Gasteiger partial charge is 0.482 e. The van der Waals surface area contributed by atoms with Crippen LogP contribution >= 0.6 is 38.9 Å². The molecule has 0 aliphatic rings. The van der Waals surface area contributed by atoms with Crippen LogP contribution in [0.25, 0.3) is 0 Å². The summed E-state index contributed by atoms with van der Waals surface area (Å²) >= 11 is 10.9. The molecule has 25 heavy (non-hydrogen) atoms. The van der Waals surface area contributed by atoms with Gasteiger partial charge in [-0.3, -0.25) is 9.59 Å². The van der Waals surface area contributed by atoms with Gasteiger partial charge in [-0.15, -0.1) is 11.3 Å². The number of hydrogen-bond acceptors (Lipinski definition) is 4. The fraction of sp³-hybridized carbons (Fsp3) is 0.294. The number of thiophene rings is 1. The Bertz CT molecular complexity index is 725. The van der Waals surface area contributed by atoms with Crippen molar-refractivity contribution in [2.75, 3.05) is 19.7 Å². The van der Waals surface area contributed by atoms with E-state index in [1.54, 1.807) is 29.5 Å². The zero-order chi connectivity index (χ0) is 18.2. The molecular weight excluding hydrogens is 428 g/mol. The first-order chi connectivity index (χ1) is 12.0. The van der Waals surface area contributed by atoms with Crippen molar-refractivity contribution >= 4 is 50.7 Å². The highest BCUT2D eigenvalue weighted by atomic mass is 79.9. The van der Waals surface area contributed by atoms with E-state index in [2.05, 4.69) is 21.2 Å². The fourth-order valence-corrected chi connectivity index (χ4v) is 3.40. The molecule has 0 aliphatic carbocycles. The molecule has 2 rings (SSSR count). The third kappa shape index (κ3) is 6.34. The molecule has 8 heteroatoms. The van der Waals surface area contributed by atoms with Crippen LogP contribution in [0.1, 0.15) is 11.8 Å². The Labute approximate surface area is 164 Å². The van der Waals surface area contributed by atoms with E-state index < -0.39 is 0 Å². The van der Waals surface area contributed by atoms with Crippen LogP contribution in [0.4, 0.5) is 0 Å². The average molecular weight is 446 g/mol. The molecule has 2 amide bonds. The molecule has 0 aliphatic heterocycles. The summed E-state index contributed by atoms with van der Waals surface area (Å²) in [5.41, 5.74) is 0. The van der Waals surface area contributed by atoms with Crippen LogP contribution < -0.4 is 10.1 Å². The number of carbonyl (C=O) groups excluding carboxylic acids is 2.